The van der Waals surface area contributed by atoms with E-state index in [-0.39, 0.29) is 6.54 Å². The molecule has 2 aromatic rings. The molecule has 0 radical (unpaired) electrons. The number of hydrogen-bond donors (Lipinski definition) is 1. The largest absolute Gasteiger partial charge is 0.245 e. The summed E-state index contributed by atoms with van der Waals surface area (Å²) < 4.78 is 52.0. The molecule has 0 amide bonds. The van der Waals surface area contributed by atoms with Gasteiger partial charge in [0.05, 0.1) is 17.2 Å². The minimum Gasteiger partial charge on any atom is -0.245 e. The molecule has 0 aliphatic carbocycles. The molecule has 19 heavy (non-hydrogen) atoms. The SMILES string of the molecule is Cc1nc(CNS(=O)(=O)c2ccc(F)cc2F)cs1. The van der Waals surface area contributed by atoms with E-state index in [0.29, 0.717) is 11.8 Å². The van der Waals surface area contributed by atoms with Crippen molar-refractivity contribution < 1.29 is 17.2 Å². The molecule has 0 saturated heterocycles. The molecule has 1 N–H and O–H groups in total. The Labute approximate surface area is 113 Å². The van der Waals surface area contributed by atoms with E-state index >= 15 is 0 Å². The van der Waals surface area contributed by atoms with Crippen molar-refractivity contribution in [1.82, 2.24) is 9.71 Å². The highest BCUT2D eigenvalue weighted by Gasteiger charge is 2.19. The second-order valence-corrected chi connectivity index (χ2v) is 6.55. The molecule has 0 unspecified atom stereocenters. The van der Waals surface area contributed by atoms with Crippen LogP contribution in [0.4, 0.5) is 8.78 Å². The predicted octanol–water partition coefficient (Wildman–Crippen LogP) is 2.21. The molecule has 4 nitrogen and oxygen atoms in total. The van der Waals surface area contributed by atoms with Crippen molar-refractivity contribution in [1.29, 1.82) is 0 Å². The number of thiazole rings is 1. The molecular weight excluding hydrogens is 294 g/mol. The normalized spacial score (nSPS) is 11.7. The first-order valence-corrected chi connectivity index (χ1v) is 7.60. The molecule has 0 aliphatic rings. The molecule has 0 atom stereocenters. The number of rotatable bonds is 4. The Bertz CT molecular complexity index is 698. The van der Waals surface area contributed by atoms with E-state index < -0.39 is 26.6 Å². The number of benzene rings is 1. The zero-order chi connectivity index (χ0) is 14.0. The van der Waals surface area contributed by atoms with Gasteiger partial charge in [0.25, 0.3) is 0 Å². The average molecular weight is 304 g/mol. The van der Waals surface area contributed by atoms with Gasteiger partial charge in [-0.05, 0) is 19.1 Å². The van der Waals surface area contributed by atoms with Crippen LogP contribution in [0.3, 0.4) is 0 Å². The first-order chi connectivity index (χ1) is 8.88. The van der Waals surface area contributed by atoms with Gasteiger partial charge in [-0.3, -0.25) is 0 Å². The summed E-state index contributed by atoms with van der Waals surface area (Å²) in [6.45, 7) is 1.76. The third-order valence-corrected chi connectivity index (χ3v) is 4.55. The fourth-order valence-electron chi connectivity index (χ4n) is 1.43. The zero-order valence-electron chi connectivity index (χ0n) is 9.85. The molecule has 8 heteroatoms. The van der Waals surface area contributed by atoms with Gasteiger partial charge in [-0.1, -0.05) is 0 Å². The van der Waals surface area contributed by atoms with Crippen LogP contribution in [0.15, 0.2) is 28.5 Å². The first kappa shape index (κ1) is 14.0. The van der Waals surface area contributed by atoms with Gasteiger partial charge in [0, 0.05) is 11.4 Å². The van der Waals surface area contributed by atoms with E-state index in [9.17, 15) is 17.2 Å². The summed E-state index contributed by atoms with van der Waals surface area (Å²) in [5.41, 5.74) is 0.550. The van der Waals surface area contributed by atoms with E-state index in [4.69, 9.17) is 0 Å². The van der Waals surface area contributed by atoms with Gasteiger partial charge in [0.15, 0.2) is 0 Å². The molecule has 1 heterocycles. The lowest BCUT2D eigenvalue weighted by Gasteiger charge is -2.06. The third kappa shape index (κ3) is 3.34. The molecule has 0 aliphatic heterocycles. The van der Waals surface area contributed by atoms with Crippen LogP contribution in [-0.4, -0.2) is 13.4 Å². The highest BCUT2D eigenvalue weighted by Crippen LogP contribution is 2.16. The lowest BCUT2D eigenvalue weighted by atomic mass is 10.3. The van der Waals surface area contributed by atoms with Gasteiger partial charge in [0.1, 0.15) is 16.5 Å². The van der Waals surface area contributed by atoms with Crippen LogP contribution in [0.2, 0.25) is 0 Å². The van der Waals surface area contributed by atoms with E-state index in [1.165, 1.54) is 11.3 Å². The molecule has 1 aromatic carbocycles. The van der Waals surface area contributed by atoms with Gasteiger partial charge in [-0.15, -0.1) is 11.3 Å². The highest BCUT2D eigenvalue weighted by atomic mass is 32.2. The van der Waals surface area contributed by atoms with Gasteiger partial charge in [-0.25, -0.2) is 26.9 Å². The summed E-state index contributed by atoms with van der Waals surface area (Å²) >= 11 is 1.39. The molecule has 1 aromatic heterocycles. The summed E-state index contributed by atoms with van der Waals surface area (Å²) in [4.78, 5) is 3.50. The number of nitrogens with zero attached hydrogens (tertiary/aromatic N) is 1. The van der Waals surface area contributed by atoms with Crippen LogP contribution in [0.1, 0.15) is 10.7 Å². The maximum absolute atomic E-state index is 13.4. The van der Waals surface area contributed by atoms with Crippen molar-refractivity contribution in [2.45, 2.75) is 18.4 Å². The monoisotopic (exact) mass is 304 g/mol. The Kier molecular flexibility index (Phi) is 3.93. The molecule has 2 rings (SSSR count). The first-order valence-electron chi connectivity index (χ1n) is 5.24. The van der Waals surface area contributed by atoms with Crippen LogP contribution in [0.5, 0.6) is 0 Å². The van der Waals surface area contributed by atoms with Crippen LogP contribution in [-0.2, 0) is 16.6 Å². The lowest BCUT2D eigenvalue weighted by Crippen LogP contribution is -2.24. The highest BCUT2D eigenvalue weighted by molar-refractivity contribution is 7.89. The molecule has 0 fully saturated rings. The van der Waals surface area contributed by atoms with Crippen molar-refractivity contribution >= 4 is 21.4 Å². The van der Waals surface area contributed by atoms with Gasteiger partial charge < -0.3 is 0 Å². The number of halogens is 2. The number of aryl methyl sites for hydroxylation is 1. The third-order valence-electron chi connectivity index (χ3n) is 2.29. The predicted molar refractivity (Wildman–Crippen MR) is 67.2 cm³/mol. The van der Waals surface area contributed by atoms with Gasteiger partial charge in [0.2, 0.25) is 10.0 Å². The molecule has 102 valence electrons. The Morgan fingerprint density at radius 3 is 2.68 bits per heavy atom. The fourth-order valence-corrected chi connectivity index (χ4v) is 3.10. The topological polar surface area (TPSA) is 59.1 Å². The summed E-state index contributed by atoms with van der Waals surface area (Å²) in [7, 11) is -4.02. The molecular formula is C11H10F2N2O2S2. The summed E-state index contributed by atoms with van der Waals surface area (Å²) in [6, 6.07) is 2.31. The number of nitrogens with one attached hydrogen (secondary N) is 1. The summed E-state index contributed by atoms with van der Waals surface area (Å²) in [5, 5.41) is 2.51. The van der Waals surface area contributed by atoms with E-state index in [1.54, 1.807) is 12.3 Å². The standard InChI is InChI=1S/C11H10F2N2O2S2/c1-7-15-9(6-18-7)5-14-19(16,17)11-3-2-8(12)4-10(11)13/h2-4,6,14H,5H2,1H3. The smallest absolute Gasteiger partial charge is 0.243 e. The summed E-state index contributed by atoms with van der Waals surface area (Å²) in [6.07, 6.45) is 0. The molecule has 0 saturated carbocycles. The Morgan fingerprint density at radius 2 is 2.11 bits per heavy atom. The number of hydrogen-bond acceptors (Lipinski definition) is 4. The van der Waals surface area contributed by atoms with Crippen molar-refractivity contribution in [3.05, 3.63) is 45.9 Å². The number of aromatic nitrogens is 1. The van der Waals surface area contributed by atoms with E-state index in [1.807, 2.05) is 0 Å². The molecule has 0 bridgehead atoms. The van der Waals surface area contributed by atoms with E-state index in [2.05, 4.69) is 9.71 Å². The fraction of sp³-hybridized carbons (Fsp3) is 0.182. The second-order valence-electron chi connectivity index (χ2n) is 3.76. The van der Waals surface area contributed by atoms with Crippen LogP contribution < -0.4 is 4.72 Å². The zero-order valence-corrected chi connectivity index (χ0v) is 11.5. The Morgan fingerprint density at radius 1 is 1.37 bits per heavy atom. The second kappa shape index (κ2) is 5.32. The van der Waals surface area contributed by atoms with Crippen LogP contribution >= 0.6 is 11.3 Å². The van der Waals surface area contributed by atoms with Gasteiger partial charge in [-0.2, -0.15) is 0 Å². The Hall–Kier alpha value is -1.38. The minimum absolute atomic E-state index is 0.0382. The minimum atomic E-state index is -4.02. The van der Waals surface area contributed by atoms with Crippen molar-refractivity contribution in [3.63, 3.8) is 0 Å². The maximum atomic E-state index is 13.4. The van der Waals surface area contributed by atoms with Crippen molar-refractivity contribution in [3.8, 4) is 0 Å². The lowest BCUT2D eigenvalue weighted by molar-refractivity contribution is 0.542. The average Bonchev–Trinajstić information content (AvgIpc) is 2.72. The van der Waals surface area contributed by atoms with Crippen LogP contribution in [0.25, 0.3) is 0 Å². The van der Waals surface area contributed by atoms with Crippen molar-refractivity contribution in [2.24, 2.45) is 0 Å². The Balaban J connectivity index is 2.18. The van der Waals surface area contributed by atoms with Gasteiger partial charge >= 0.3 is 0 Å². The van der Waals surface area contributed by atoms with Crippen molar-refractivity contribution in [2.75, 3.05) is 0 Å². The number of sulfonamides is 1. The molecule has 0 spiro atoms. The van der Waals surface area contributed by atoms with Crippen LogP contribution in [0, 0.1) is 18.6 Å². The summed E-state index contributed by atoms with van der Waals surface area (Å²) in [5.74, 6) is -1.95. The quantitative estimate of drug-likeness (QED) is 0.942. The van der Waals surface area contributed by atoms with E-state index in [0.717, 1.165) is 17.1 Å². The maximum Gasteiger partial charge on any atom is 0.243 e.